The molecule has 0 aliphatic heterocycles. The van der Waals surface area contributed by atoms with Crippen LogP contribution in [0.1, 0.15) is 36.5 Å². The van der Waals surface area contributed by atoms with Crippen LogP contribution in [0.3, 0.4) is 0 Å². The van der Waals surface area contributed by atoms with Crippen molar-refractivity contribution in [1.29, 1.82) is 0 Å². The van der Waals surface area contributed by atoms with Gasteiger partial charge in [0.05, 0.1) is 0 Å². The van der Waals surface area contributed by atoms with Gasteiger partial charge in [-0.25, -0.2) is 9.97 Å². The summed E-state index contributed by atoms with van der Waals surface area (Å²) in [6.45, 7) is 8.36. The molecule has 2 rings (SSSR count). The van der Waals surface area contributed by atoms with Crippen LogP contribution in [0.5, 0.6) is 0 Å². The minimum Gasteiger partial charge on any atom is -0.383 e. The highest BCUT2D eigenvalue weighted by molar-refractivity contribution is 5.67. The first-order valence-corrected chi connectivity index (χ1v) is 6.44. The van der Waals surface area contributed by atoms with Gasteiger partial charge in [-0.2, -0.15) is 0 Å². The van der Waals surface area contributed by atoms with Crippen molar-refractivity contribution < 1.29 is 0 Å². The molecule has 2 aromatic rings. The van der Waals surface area contributed by atoms with Gasteiger partial charge < -0.3 is 11.1 Å². The van der Waals surface area contributed by atoms with Crippen LogP contribution in [-0.2, 0) is 0 Å². The summed E-state index contributed by atoms with van der Waals surface area (Å²) in [4.78, 5) is 8.39. The Kier molecular flexibility index (Phi) is 3.69. The number of nitrogens with zero attached hydrogens (tertiary/aromatic N) is 2. The van der Waals surface area contributed by atoms with Gasteiger partial charge in [0.1, 0.15) is 18.0 Å². The molecule has 0 radical (unpaired) electrons. The Hall–Kier alpha value is -2.10. The zero-order chi connectivity index (χ0) is 14.0. The lowest BCUT2D eigenvalue weighted by Gasteiger charge is -2.16. The van der Waals surface area contributed by atoms with E-state index in [4.69, 9.17) is 5.73 Å². The van der Waals surface area contributed by atoms with Crippen LogP contribution < -0.4 is 11.1 Å². The first kappa shape index (κ1) is 13.3. The summed E-state index contributed by atoms with van der Waals surface area (Å²) in [5.41, 5.74) is 10.4. The van der Waals surface area contributed by atoms with Gasteiger partial charge in [-0.3, -0.25) is 0 Å². The van der Waals surface area contributed by atoms with Gasteiger partial charge in [-0.1, -0.05) is 26.0 Å². The Bertz CT molecular complexity index is 591. The van der Waals surface area contributed by atoms with E-state index in [1.165, 1.54) is 17.5 Å². The lowest BCUT2D eigenvalue weighted by atomic mass is 10.0. The van der Waals surface area contributed by atoms with Crippen LogP contribution in [-0.4, -0.2) is 9.97 Å². The van der Waals surface area contributed by atoms with Gasteiger partial charge in [-0.05, 0) is 37.0 Å². The highest BCUT2D eigenvalue weighted by Gasteiger charge is 2.13. The third kappa shape index (κ3) is 2.67. The molecule has 4 heteroatoms. The van der Waals surface area contributed by atoms with Crippen molar-refractivity contribution in [3.8, 4) is 0 Å². The van der Waals surface area contributed by atoms with E-state index < -0.39 is 0 Å². The largest absolute Gasteiger partial charge is 0.383 e. The molecule has 0 spiro atoms. The van der Waals surface area contributed by atoms with Gasteiger partial charge in [0.25, 0.3) is 0 Å². The van der Waals surface area contributed by atoms with Gasteiger partial charge in [0.15, 0.2) is 0 Å². The minimum atomic E-state index is 0.272. The molecule has 0 fully saturated rings. The molecular formula is C15H20N4. The molecule has 0 aliphatic rings. The molecule has 0 aliphatic carbocycles. The Labute approximate surface area is 114 Å². The number of hydrogen-bond acceptors (Lipinski definition) is 4. The Morgan fingerprint density at radius 2 is 1.89 bits per heavy atom. The first-order chi connectivity index (χ1) is 9.00. The summed E-state index contributed by atoms with van der Waals surface area (Å²) in [6, 6.07) is 6.17. The number of anilines is 3. The van der Waals surface area contributed by atoms with Crippen molar-refractivity contribution in [2.45, 2.75) is 33.6 Å². The standard InChI is InChI=1S/C15H20N4/c1-9(2)13-14(16)17-8-18-15(13)19-12-7-5-6-10(3)11(12)4/h5-9H,1-4H3,(H3,16,17,18,19). The summed E-state index contributed by atoms with van der Waals surface area (Å²) in [5, 5.41) is 3.37. The number of benzene rings is 1. The van der Waals surface area contributed by atoms with Crippen molar-refractivity contribution in [2.75, 3.05) is 11.1 Å². The molecule has 4 nitrogen and oxygen atoms in total. The SMILES string of the molecule is Cc1cccc(Nc2ncnc(N)c2C(C)C)c1C. The van der Waals surface area contributed by atoms with Crippen molar-refractivity contribution in [1.82, 2.24) is 9.97 Å². The molecule has 0 bridgehead atoms. The third-order valence-electron chi connectivity index (χ3n) is 3.35. The number of nitrogen functional groups attached to an aromatic ring is 1. The van der Waals surface area contributed by atoms with E-state index >= 15 is 0 Å². The lowest BCUT2D eigenvalue weighted by molar-refractivity contribution is 0.855. The van der Waals surface area contributed by atoms with E-state index in [2.05, 4.69) is 49.0 Å². The molecule has 1 aromatic heterocycles. The van der Waals surface area contributed by atoms with Gasteiger partial charge >= 0.3 is 0 Å². The molecule has 1 heterocycles. The van der Waals surface area contributed by atoms with Crippen LogP contribution in [0.15, 0.2) is 24.5 Å². The zero-order valence-corrected chi connectivity index (χ0v) is 11.9. The molecule has 0 saturated heterocycles. The van der Waals surface area contributed by atoms with Crippen molar-refractivity contribution in [2.24, 2.45) is 0 Å². The smallest absolute Gasteiger partial charge is 0.139 e. The zero-order valence-electron chi connectivity index (χ0n) is 11.9. The highest BCUT2D eigenvalue weighted by Crippen LogP contribution is 2.30. The van der Waals surface area contributed by atoms with Crippen LogP contribution in [0.2, 0.25) is 0 Å². The van der Waals surface area contributed by atoms with E-state index in [1.54, 1.807) is 0 Å². The fraction of sp³-hybridized carbons (Fsp3) is 0.333. The quantitative estimate of drug-likeness (QED) is 0.881. The normalized spacial score (nSPS) is 10.8. The average molecular weight is 256 g/mol. The fourth-order valence-electron chi connectivity index (χ4n) is 2.09. The topological polar surface area (TPSA) is 63.8 Å². The number of rotatable bonds is 3. The predicted molar refractivity (Wildman–Crippen MR) is 79.7 cm³/mol. The Morgan fingerprint density at radius 1 is 1.16 bits per heavy atom. The Morgan fingerprint density at radius 3 is 2.58 bits per heavy atom. The van der Waals surface area contributed by atoms with E-state index in [9.17, 15) is 0 Å². The molecular weight excluding hydrogens is 236 g/mol. The molecule has 0 saturated carbocycles. The summed E-state index contributed by atoms with van der Waals surface area (Å²) in [5.74, 6) is 1.60. The predicted octanol–water partition coefficient (Wildman–Crippen LogP) is 3.54. The lowest BCUT2D eigenvalue weighted by Crippen LogP contribution is -2.07. The van der Waals surface area contributed by atoms with Crippen LogP contribution >= 0.6 is 0 Å². The Balaban J connectivity index is 2.44. The van der Waals surface area contributed by atoms with Crippen LogP contribution in [0.25, 0.3) is 0 Å². The first-order valence-electron chi connectivity index (χ1n) is 6.44. The second-order valence-electron chi connectivity index (χ2n) is 5.05. The summed E-state index contributed by atoms with van der Waals surface area (Å²) in [6.07, 6.45) is 1.49. The molecule has 0 unspecified atom stereocenters. The molecule has 3 N–H and O–H groups in total. The molecule has 0 amide bonds. The number of aromatic nitrogens is 2. The van der Waals surface area contributed by atoms with Crippen LogP contribution in [0, 0.1) is 13.8 Å². The van der Waals surface area contributed by atoms with Crippen molar-refractivity contribution in [3.63, 3.8) is 0 Å². The number of aryl methyl sites for hydroxylation is 1. The number of nitrogens with two attached hydrogens (primary N) is 1. The second kappa shape index (κ2) is 5.26. The monoisotopic (exact) mass is 256 g/mol. The summed E-state index contributed by atoms with van der Waals surface area (Å²) >= 11 is 0. The van der Waals surface area contributed by atoms with Crippen LogP contribution in [0.4, 0.5) is 17.3 Å². The van der Waals surface area contributed by atoms with Crippen molar-refractivity contribution >= 4 is 17.3 Å². The maximum Gasteiger partial charge on any atom is 0.139 e. The fourth-order valence-corrected chi connectivity index (χ4v) is 2.09. The summed E-state index contributed by atoms with van der Waals surface area (Å²) in [7, 11) is 0. The maximum absolute atomic E-state index is 5.95. The highest BCUT2D eigenvalue weighted by atomic mass is 15.0. The second-order valence-corrected chi connectivity index (χ2v) is 5.05. The van der Waals surface area contributed by atoms with E-state index in [1.807, 2.05) is 12.1 Å². The summed E-state index contributed by atoms with van der Waals surface area (Å²) < 4.78 is 0. The van der Waals surface area contributed by atoms with Gasteiger partial charge in [-0.15, -0.1) is 0 Å². The molecule has 0 atom stereocenters. The van der Waals surface area contributed by atoms with E-state index in [0.717, 1.165) is 17.1 Å². The minimum absolute atomic E-state index is 0.272. The molecule has 19 heavy (non-hydrogen) atoms. The van der Waals surface area contributed by atoms with Gasteiger partial charge in [0, 0.05) is 11.3 Å². The average Bonchev–Trinajstić information content (AvgIpc) is 2.34. The number of hydrogen-bond donors (Lipinski definition) is 2. The van der Waals surface area contributed by atoms with E-state index in [0.29, 0.717) is 5.82 Å². The van der Waals surface area contributed by atoms with Gasteiger partial charge in [0.2, 0.25) is 0 Å². The number of nitrogens with one attached hydrogen (secondary N) is 1. The van der Waals surface area contributed by atoms with E-state index in [-0.39, 0.29) is 5.92 Å². The third-order valence-corrected chi connectivity index (χ3v) is 3.35. The molecule has 1 aromatic carbocycles. The maximum atomic E-state index is 5.95. The van der Waals surface area contributed by atoms with Crippen molar-refractivity contribution in [3.05, 3.63) is 41.2 Å². The molecule has 100 valence electrons.